The molecule has 2 heterocycles. The summed E-state index contributed by atoms with van der Waals surface area (Å²) in [5, 5.41) is 8.95. The first-order valence-electron chi connectivity index (χ1n) is 16.8. The van der Waals surface area contributed by atoms with E-state index < -0.39 is 12.1 Å². The SMILES string of the molecule is C=C(C)[C@H](NC(=O)N(C)Cc1csc(C(C)C)n1)C(=O)N(C)[C@H](CC[C@H](Cc1ccccc1)NC(=O)OCc1cncs1)Cc1ccccc1. The van der Waals surface area contributed by atoms with Gasteiger partial charge in [-0.15, -0.1) is 22.7 Å². The molecule has 4 aromatic rings. The predicted octanol–water partition coefficient (Wildman–Crippen LogP) is 7.20. The Bertz CT molecular complexity index is 1660. The van der Waals surface area contributed by atoms with Crippen molar-refractivity contribution in [3.63, 3.8) is 0 Å². The number of thiazole rings is 2. The number of nitrogens with one attached hydrogen (secondary N) is 2. The normalized spacial score (nSPS) is 12.8. The predicted molar refractivity (Wildman–Crippen MR) is 200 cm³/mol. The largest absolute Gasteiger partial charge is 0.444 e. The molecule has 4 amide bonds. The third-order valence-electron chi connectivity index (χ3n) is 8.35. The molecule has 0 unspecified atom stereocenters. The molecule has 50 heavy (non-hydrogen) atoms. The number of alkyl carbamates (subject to hydrolysis) is 1. The molecule has 0 saturated carbocycles. The van der Waals surface area contributed by atoms with Crippen molar-refractivity contribution < 1.29 is 19.1 Å². The Morgan fingerprint density at radius 1 is 0.920 bits per heavy atom. The van der Waals surface area contributed by atoms with Crippen LogP contribution in [0.5, 0.6) is 0 Å². The van der Waals surface area contributed by atoms with Gasteiger partial charge in [0.25, 0.3) is 0 Å². The maximum Gasteiger partial charge on any atom is 0.407 e. The van der Waals surface area contributed by atoms with Gasteiger partial charge in [-0.05, 0) is 49.3 Å². The molecule has 0 radical (unpaired) electrons. The number of hydrogen-bond donors (Lipinski definition) is 2. The fraction of sp³-hybridized carbons (Fsp3) is 0.395. The third kappa shape index (κ3) is 11.8. The van der Waals surface area contributed by atoms with Crippen molar-refractivity contribution >= 4 is 40.7 Å². The van der Waals surface area contributed by atoms with Crippen molar-refractivity contribution in [2.24, 2.45) is 0 Å². The van der Waals surface area contributed by atoms with Gasteiger partial charge in [-0.25, -0.2) is 14.6 Å². The molecule has 3 atom stereocenters. The molecule has 0 saturated heterocycles. The van der Waals surface area contributed by atoms with Gasteiger partial charge in [0.05, 0.1) is 27.6 Å². The van der Waals surface area contributed by atoms with Gasteiger partial charge >= 0.3 is 12.1 Å². The molecular formula is C38H48N6O4S2. The first kappa shape index (κ1) is 38.3. The molecule has 2 aromatic heterocycles. The van der Waals surface area contributed by atoms with E-state index in [0.717, 1.165) is 26.7 Å². The number of likely N-dealkylation sites (N-methyl/N-ethyl adjacent to an activating group) is 1. The molecular weight excluding hydrogens is 669 g/mol. The molecule has 2 aromatic carbocycles. The lowest BCUT2D eigenvalue weighted by Crippen LogP contribution is -2.53. The number of ether oxygens (including phenoxy) is 1. The molecule has 12 heteroatoms. The van der Waals surface area contributed by atoms with Crippen LogP contribution >= 0.6 is 22.7 Å². The monoisotopic (exact) mass is 716 g/mol. The molecule has 0 fully saturated rings. The second-order valence-corrected chi connectivity index (χ2v) is 14.7. The molecule has 0 aliphatic heterocycles. The number of carbonyl (C=O) groups excluding carboxylic acids is 3. The number of aromatic nitrogens is 2. The van der Waals surface area contributed by atoms with E-state index in [4.69, 9.17) is 4.74 Å². The van der Waals surface area contributed by atoms with E-state index in [1.165, 1.54) is 16.2 Å². The number of nitrogens with zero attached hydrogens (tertiary/aromatic N) is 4. The van der Waals surface area contributed by atoms with Crippen LogP contribution in [0, 0.1) is 0 Å². The average Bonchev–Trinajstić information content (AvgIpc) is 3.81. The lowest BCUT2D eigenvalue weighted by molar-refractivity contribution is -0.133. The van der Waals surface area contributed by atoms with Crippen molar-refractivity contribution in [2.45, 2.75) is 83.6 Å². The van der Waals surface area contributed by atoms with Gasteiger partial charge in [0, 0.05) is 43.7 Å². The summed E-state index contributed by atoms with van der Waals surface area (Å²) in [5.74, 6) is 0.0533. The Kier molecular flexibility index (Phi) is 14.5. The fourth-order valence-electron chi connectivity index (χ4n) is 5.48. The van der Waals surface area contributed by atoms with E-state index in [1.54, 1.807) is 49.0 Å². The maximum absolute atomic E-state index is 14.1. The Morgan fingerprint density at radius 2 is 1.58 bits per heavy atom. The average molecular weight is 717 g/mol. The smallest absolute Gasteiger partial charge is 0.407 e. The van der Waals surface area contributed by atoms with Crippen molar-refractivity contribution in [3.8, 4) is 0 Å². The summed E-state index contributed by atoms with van der Waals surface area (Å²) < 4.78 is 5.50. The first-order chi connectivity index (χ1) is 24.0. The quantitative estimate of drug-likeness (QED) is 0.112. The zero-order chi connectivity index (χ0) is 36.0. The third-order valence-corrected chi connectivity index (χ3v) is 10.3. The van der Waals surface area contributed by atoms with Crippen LogP contribution in [0.3, 0.4) is 0 Å². The number of amides is 4. The molecule has 0 bridgehead atoms. The van der Waals surface area contributed by atoms with Gasteiger partial charge < -0.3 is 25.2 Å². The second-order valence-electron chi connectivity index (χ2n) is 12.9. The van der Waals surface area contributed by atoms with Crippen LogP contribution < -0.4 is 10.6 Å². The van der Waals surface area contributed by atoms with Crippen molar-refractivity contribution in [1.82, 2.24) is 30.4 Å². The highest BCUT2D eigenvalue weighted by molar-refractivity contribution is 7.09. The molecule has 2 N–H and O–H groups in total. The fourth-order valence-corrected chi connectivity index (χ4v) is 6.81. The van der Waals surface area contributed by atoms with Gasteiger partial charge in [-0.3, -0.25) is 9.78 Å². The molecule has 10 nitrogen and oxygen atoms in total. The molecule has 0 aliphatic carbocycles. The van der Waals surface area contributed by atoms with Crippen LogP contribution in [-0.2, 0) is 35.5 Å². The van der Waals surface area contributed by atoms with Crippen LogP contribution in [0.1, 0.15) is 66.2 Å². The van der Waals surface area contributed by atoms with Crippen molar-refractivity contribution in [1.29, 1.82) is 0 Å². The van der Waals surface area contributed by atoms with E-state index in [9.17, 15) is 14.4 Å². The van der Waals surface area contributed by atoms with Crippen LogP contribution in [0.2, 0.25) is 0 Å². The molecule has 0 aliphatic rings. The summed E-state index contributed by atoms with van der Waals surface area (Å²) in [6.45, 7) is 10.4. The van der Waals surface area contributed by atoms with Gasteiger partial charge in [0.2, 0.25) is 5.91 Å². The highest BCUT2D eigenvalue weighted by atomic mass is 32.1. The molecule has 4 rings (SSSR count). The Balaban J connectivity index is 1.47. The Hall–Kier alpha value is -4.55. The summed E-state index contributed by atoms with van der Waals surface area (Å²) in [6, 6.07) is 18.2. The van der Waals surface area contributed by atoms with Crippen LogP contribution in [0.25, 0.3) is 0 Å². The summed E-state index contributed by atoms with van der Waals surface area (Å²) in [6.07, 6.45) is 3.54. The van der Waals surface area contributed by atoms with Crippen LogP contribution in [0.4, 0.5) is 9.59 Å². The van der Waals surface area contributed by atoms with Crippen molar-refractivity contribution in [3.05, 3.63) is 117 Å². The van der Waals surface area contributed by atoms with Crippen LogP contribution in [0.15, 0.2) is 89.9 Å². The number of urea groups is 1. The summed E-state index contributed by atoms with van der Waals surface area (Å²) in [7, 11) is 3.46. The minimum atomic E-state index is -0.921. The lowest BCUT2D eigenvalue weighted by atomic mass is 9.94. The highest BCUT2D eigenvalue weighted by Crippen LogP contribution is 2.21. The summed E-state index contributed by atoms with van der Waals surface area (Å²) in [4.78, 5) is 53.2. The zero-order valence-corrected chi connectivity index (χ0v) is 31.1. The minimum Gasteiger partial charge on any atom is -0.444 e. The van der Waals surface area contributed by atoms with Crippen LogP contribution in [-0.4, -0.2) is 70.0 Å². The van der Waals surface area contributed by atoms with E-state index in [2.05, 4.69) is 41.0 Å². The van der Waals surface area contributed by atoms with Gasteiger partial charge in [0.1, 0.15) is 12.6 Å². The number of rotatable bonds is 17. The number of benzene rings is 2. The lowest BCUT2D eigenvalue weighted by Gasteiger charge is -2.33. The van der Waals surface area contributed by atoms with E-state index >= 15 is 0 Å². The first-order valence-corrected chi connectivity index (χ1v) is 18.5. The van der Waals surface area contributed by atoms with Gasteiger partial charge in [0.15, 0.2) is 0 Å². The van der Waals surface area contributed by atoms with E-state index in [1.807, 2.05) is 66.0 Å². The summed E-state index contributed by atoms with van der Waals surface area (Å²) >= 11 is 3.01. The minimum absolute atomic E-state index is 0.147. The zero-order valence-electron chi connectivity index (χ0n) is 29.5. The maximum atomic E-state index is 14.1. The second kappa shape index (κ2) is 19.0. The van der Waals surface area contributed by atoms with Gasteiger partial charge in [-0.1, -0.05) is 81.1 Å². The Labute approximate surface area is 303 Å². The van der Waals surface area contributed by atoms with Gasteiger partial charge in [-0.2, -0.15) is 0 Å². The highest BCUT2D eigenvalue weighted by Gasteiger charge is 2.31. The topological polar surface area (TPSA) is 117 Å². The Morgan fingerprint density at radius 3 is 2.16 bits per heavy atom. The van der Waals surface area contributed by atoms with Crippen molar-refractivity contribution in [2.75, 3.05) is 14.1 Å². The number of carbonyl (C=O) groups is 3. The van der Waals surface area contributed by atoms with E-state index in [0.29, 0.717) is 43.7 Å². The summed E-state index contributed by atoms with van der Waals surface area (Å²) in [5.41, 5.74) is 5.20. The van der Waals surface area contributed by atoms with E-state index in [-0.39, 0.29) is 30.6 Å². The standard InChI is InChI=1S/C38H48N6O4S2/c1-26(2)34(42-37(46)43(5)22-31-24-49-35(40-31)27(3)4)36(45)44(6)32(20-29-15-11-8-12-16-29)18-17-30(19-28-13-9-7-10-14-28)41-38(47)48-23-33-21-39-25-50-33/h7-16,21,24-25,27,30,32,34H,1,17-20,22-23H2,2-6H3,(H,41,47)(H,42,46)/t30-,32-,34+/m1/s1. The number of hydrogen-bond acceptors (Lipinski definition) is 8. The molecule has 0 spiro atoms. The molecule has 266 valence electrons.